The van der Waals surface area contributed by atoms with Crippen molar-refractivity contribution >= 4 is 39.3 Å². The zero-order valence-electron chi connectivity index (χ0n) is 15.2. The number of hydrogen-bond acceptors (Lipinski definition) is 4. The highest BCUT2D eigenvalue weighted by atomic mass is 35.5. The van der Waals surface area contributed by atoms with Crippen LogP contribution in [0.2, 0.25) is 5.02 Å². The Hall–Kier alpha value is -2.53. The average molecular weight is 441 g/mol. The molecule has 0 radical (unpaired) electrons. The van der Waals surface area contributed by atoms with Crippen molar-refractivity contribution in [1.82, 2.24) is 9.03 Å². The molecule has 29 heavy (non-hydrogen) atoms. The quantitative estimate of drug-likeness (QED) is 0.671. The number of nitrogens with one attached hydrogen (secondary N) is 2. The minimum absolute atomic E-state index is 0.131. The van der Waals surface area contributed by atoms with E-state index >= 15 is 0 Å². The molecule has 2 unspecified atom stereocenters. The molecule has 3 rings (SSSR count). The highest BCUT2D eigenvalue weighted by molar-refractivity contribution is 7.87. The summed E-state index contributed by atoms with van der Waals surface area (Å²) >= 11 is 5.72. The third-order valence-electron chi connectivity index (χ3n) is 4.66. The number of halogens is 2. The summed E-state index contributed by atoms with van der Waals surface area (Å²) in [6.45, 7) is 0. The van der Waals surface area contributed by atoms with Crippen LogP contribution in [0.1, 0.15) is 28.4 Å². The Bertz CT molecular complexity index is 1060. The van der Waals surface area contributed by atoms with Gasteiger partial charge in [0.1, 0.15) is 11.9 Å². The third-order valence-corrected chi connectivity index (χ3v) is 6.54. The predicted molar refractivity (Wildman–Crippen MR) is 106 cm³/mol. The minimum Gasteiger partial charge on any atom is -0.366 e. The SMILES string of the molecule is CN1C(C(=O)Nc2ccc(F)c(Cl)c2)CC(c2ccc(C(N)=O)cc2)NS1(=O)=O. The van der Waals surface area contributed by atoms with Crippen LogP contribution in [0, 0.1) is 5.82 Å². The summed E-state index contributed by atoms with van der Waals surface area (Å²) in [4.78, 5) is 24.0. The van der Waals surface area contributed by atoms with E-state index < -0.39 is 39.9 Å². The van der Waals surface area contributed by atoms with E-state index in [-0.39, 0.29) is 22.7 Å². The number of rotatable bonds is 4. The molecule has 2 aromatic carbocycles. The van der Waals surface area contributed by atoms with Gasteiger partial charge in [-0.3, -0.25) is 9.59 Å². The molecule has 4 N–H and O–H groups in total. The third kappa shape index (κ3) is 4.56. The summed E-state index contributed by atoms with van der Waals surface area (Å²) in [6.07, 6.45) is 0.131. The lowest BCUT2D eigenvalue weighted by atomic mass is 9.98. The van der Waals surface area contributed by atoms with Gasteiger partial charge in [0.2, 0.25) is 11.8 Å². The molecule has 2 aromatic rings. The van der Waals surface area contributed by atoms with Crippen LogP contribution in [0.15, 0.2) is 42.5 Å². The van der Waals surface area contributed by atoms with Crippen molar-refractivity contribution in [2.45, 2.75) is 18.5 Å². The Morgan fingerprint density at radius 2 is 1.90 bits per heavy atom. The maximum atomic E-state index is 13.3. The van der Waals surface area contributed by atoms with E-state index in [1.807, 2.05) is 0 Å². The molecule has 1 aliphatic rings. The van der Waals surface area contributed by atoms with Crippen LogP contribution in [-0.4, -0.2) is 37.6 Å². The zero-order valence-corrected chi connectivity index (χ0v) is 16.8. The van der Waals surface area contributed by atoms with Gasteiger partial charge in [-0.1, -0.05) is 23.7 Å². The van der Waals surface area contributed by atoms with E-state index in [4.69, 9.17) is 17.3 Å². The molecule has 1 heterocycles. The number of nitrogens with zero attached hydrogens (tertiary/aromatic N) is 1. The van der Waals surface area contributed by atoms with E-state index in [1.165, 1.54) is 31.3 Å². The standard InChI is InChI=1S/C18H18ClFN4O4S/c1-24-16(18(26)22-12-6-7-14(20)13(19)8-12)9-15(23-29(24,27)28)10-2-4-11(5-3-10)17(21)25/h2-8,15-16,23H,9H2,1H3,(H2,21,25)(H,22,26). The van der Waals surface area contributed by atoms with Crippen LogP contribution in [0.5, 0.6) is 0 Å². The van der Waals surface area contributed by atoms with E-state index in [0.29, 0.717) is 5.56 Å². The molecule has 1 saturated heterocycles. The molecule has 0 saturated carbocycles. The van der Waals surface area contributed by atoms with Crippen LogP contribution < -0.4 is 15.8 Å². The monoisotopic (exact) mass is 440 g/mol. The average Bonchev–Trinajstić information content (AvgIpc) is 2.66. The second-order valence-electron chi connectivity index (χ2n) is 6.55. The number of primary amides is 1. The molecular formula is C18H18ClFN4O4S. The minimum atomic E-state index is -3.94. The van der Waals surface area contributed by atoms with Crippen LogP contribution in [-0.2, 0) is 15.0 Å². The fourth-order valence-corrected chi connectivity index (χ4v) is 4.46. The number of hydrogen-bond donors (Lipinski definition) is 3. The van der Waals surface area contributed by atoms with Crippen molar-refractivity contribution in [3.63, 3.8) is 0 Å². The highest BCUT2D eigenvalue weighted by Gasteiger charge is 2.40. The van der Waals surface area contributed by atoms with Crippen molar-refractivity contribution in [3.05, 3.63) is 64.4 Å². The molecule has 0 spiro atoms. The summed E-state index contributed by atoms with van der Waals surface area (Å²) in [6, 6.07) is 8.08. The van der Waals surface area contributed by atoms with Gasteiger partial charge in [0.05, 0.1) is 5.02 Å². The molecule has 154 valence electrons. The first kappa shape index (κ1) is 21.2. The summed E-state index contributed by atoms with van der Waals surface area (Å²) in [5, 5.41) is 2.39. The number of likely N-dealkylation sites (N-methyl/N-ethyl adjacent to an activating group) is 1. The van der Waals surface area contributed by atoms with Crippen molar-refractivity contribution in [2.75, 3.05) is 12.4 Å². The number of carbonyl (C=O) groups excluding carboxylic acids is 2. The maximum Gasteiger partial charge on any atom is 0.280 e. The van der Waals surface area contributed by atoms with Crippen molar-refractivity contribution in [1.29, 1.82) is 0 Å². The second kappa shape index (κ2) is 8.07. The van der Waals surface area contributed by atoms with E-state index in [1.54, 1.807) is 12.1 Å². The predicted octanol–water partition coefficient (Wildman–Crippen LogP) is 1.80. The number of anilines is 1. The fraction of sp³-hybridized carbons (Fsp3) is 0.222. The molecule has 11 heteroatoms. The lowest BCUT2D eigenvalue weighted by molar-refractivity contribution is -0.120. The fourth-order valence-electron chi connectivity index (χ4n) is 3.01. The van der Waals surface area contributed by atoms with Crippen LogP contribution in [0.3, 0.4) is 0 Å². The molecule has 8 nitrogen and oxygen atoms in total. The molecule has 0 aromatic heterocycles. The summed E-state index contributed by atoms with van der Waals surface area (Å²) in [5.41, 5.74) is 6.32. The topological polar surface area (TPSA) is 122 Å². The first-order valence-corrected chi connectivity index (χ1v) is 10.3. The number of carbonyl (C=O) groups is 2. The van der Waals surface area contributed by atoms with Gasteiger partial charge in [-0.25, -0.2) is 4.39 Å². The Kier molecular flexibility index (Phi) is 5.90. The smallest absolute Gasteiger partial charge is 0.280 e. The zero-order chi connectivity index (χ0) is 21.3. The summed E-state index contributed by atoms with van der Waals surface area (Å²) in [5.74, 6) is -1.82. The second-order valence-corrected chi connectivity index (χ2v) is 8.72. The van der Waals surface area contributed by atoms with Gasteiger partial charge in [-0.15, -0.1) is 0 Å². The van der Waals surface area contributed by atoms with Gasteiger partial charge >= 0.3 is 0 Å². The molecular weight excluding hydrogens is 423 g/mol. The van der Waals surface area contributed by atoms with Gasteiger partial charge < -0.3 is 11.1 Å². The maximum absolute atomic E-state index is 13.3. The highest BCUT2D eigenvalue weighted by Crippen LogP contribution is 2.29. The van der Waals surface area contributed by atoms with Crippen molar-refractivity contribution in [2.24, 2.45) is 5.73 Å². The van der Waals surface area contributed by atoms with Crippen molar-refractivity contribution < 1.29 is 22.4 Å². The first-order chi connectivity index (χ1) is 13.6. The Morgan fingerprint density at radius 1 is 1.24 bits per heavy atom. The molecule has 0 aliphatic carbocycles. The van der Waals surface area contributed by atoms with Gasteiger partial charge in [-0.2, -0.15) is 17.4 Å². The van der Waals surface area contributed by atoms with Gasteiger partial charge in [0.15, 0.2) is 0 Å². The number of nitrogens with two attached hydrogens (primary N) is 1. The molecule has 0 bridgehead atoms. The van der Waals surface area contributed by atoms with E-state index in [0.717, 1.165) is 10.4 Å². The molecule has 2 atom stereocenters. The van der Waals surface area contributed by atoms with Crippen molar-refractivity contribution in [3.8, 4) is 0 Å². The van der Waals surface area contributed by atoms with E-state index in [2.05, 4.69) is 10.0 Å². The van der Waals surface area contributed by atoms with Crippen LogP contribution in [0.4, 0.5) is 10.1 Å². The normalized spacial score (nSPS) is 21.5. The number of benzene rings is 2. The Balaban J connectivity index is 1.84. The van der Waals surface area contributed by atoms with Crippen LogP contribution >= 0.6 is 11.6 Å². The van der Waals surface area contributed by atoms with Crippen LogP contribution in [0.25, 0.3) is 0 Å². The van der Waals surface area contributed by atoms with Gasteiger partial charge in [0, 0.05) is 24.3 Å². The Labute approximate surface area is 172 Å². The van der Waals surface area contributed by atoms with Gasteiger partial charge in [0.25, 0.3) is 10.2 Å². The van der Waals surface area contributed by atoms with E-state index in [9.17, 15) is 22.4 Å². The first-order valence-electron chi connectivity index (χ1n) is 8.49. The lowest BCUT2D eigenvalue weighted by Gasteiger charge is -2.36. The largest absolute Gasteiger partial charge is 0.366 e. The van der Waals surface area contributed by atoms with Gasteiger partial charge in [-0.05, 0) is 42.3 Å². The Morgan fingerprint density at radius 3 is 2.48 bits per heavy atom. The summed E-state index contributed by atoms with van der Waals surface area (Å²) in [7, 11) is -2.65. The lowest BCUT2D eigenvalue weighted by Crippen LogP contribution is -2.55. The molecule has 1 aliphatic heterocycles. The molecule has 2 amide bonds. The summed E-state index contributed by atoms with van der Waals surface area (Å²) < 4.78 is 41.7. The molecule has 1 fully saturated rings. The number of amides is 2.